The van der Waals surface area contributed by atoms with Crippen molar-refractivity contribution < 1.29 is 4.84 Å². The highest BCUT2D eigenvalue weighted by molar-refractivity contribution is 5.96. The van der Waals surface area contributed by atoms with Crippen LogP contribution >= 0.6 is 0 Å². The summed E-state index contributed by atoms with van der Waals surface area (Å²) in [6.07, 6.45) is 2.96. The number of aliphatic imine (C=N–C) groups is 1. The summed E-state index contributed by atoms with van der Waals surface area (Å²) in [5.74, 6) is 4.92. The quantitative estimate of drug-likeness (QED) is 0.607. The molecule has 0 aromatic carbocycles. The zero-order valence-corrected chi connectivity index (χ0v) is 7.50. The first kappa shape index (κ1) is 9.22. The van der Waals surface area contributed by atoms with E-state index in [1.165, 1.54) is 0 Å². The van der Waals surface area contributed by atoms with Crippen molar-refractivity contribution in [2.24, 2.45) is 10.9 Å². The molecule has 0 amide bonds. The summed E-state index contributed by atoms with van der Waals surface area (Å²) in [5, 5.41) is 3.19. The van der Waals surface area contributed by atoms with Crippen molar-refractivity contribution in [2.45, 2.75) is 26.4 Å². The second-order valence-electron chi connectivity index (χ2n) is 2.89. The molecule has 68 valence electrons. The van der Waals surface area contributed by atoms with Crippen molar-refractivity contribution in [1.29, 1.82) is 0 Å². The first-order chi connectivity index (χ1) is 5.72. The number of nitrogens with two attached hydrogens (primary N) is 1. The highest BCUT2D eigenvalue weighted by Crippen LogP contribution is 2.04. The largest absolute Gasteiger partial charge is 0.368 e. The molecule has 1 aliphatic heterocycles. The Hall–Kier alpha value is -0.870. The van der Waals surface area contributed by atoms with Gasteiger partial charge < -0.3 is 10.2 Å². The van der Waals surface area contributed by atoms with E-state index in [9.17, 15) is 0 Å². The van der Waals surface area contributed by atoms with E-state index in [-0.39, 0.29) is 6.17 Å². The van der Waals surface area contributed by atoms with Crippen LogP contribution in [0.15, 0.2) is 16.8 Å². The molecule has 0 aromatic rings. The maximum Gasteiger partial charge on any atom is 0.115 e. The van der Waals surface area contributed by atoms with Crippen LogP contribution in [0, 0.1) is 0 Å². The van der Waals surface area contributed by atoms with Crippen molar-refractivity contribution in [2.75, 3.05) is 6.61 Å². The molecule has 1 atom stereocenters. The molecule has 12 heavy (non-hydrogen) atoms. The smallest absolute Gasteiger partial charge is 0.115 e. The zero-order chi connectivity index (χ0) is 8.97. The molecule has 1 aliphatic rings. The summed E-state index contributed by atoms with van der Waals surface area (Å²) >= 11 is 0. The molecule has 4 heteroatoms. The van der Waals surface area contributed by atoms with Gasteiger partial charge in [-0.3, -0.25) is 4.99 Å². The van der Waals surface area contributed by atoms with Crippen LogP contribution in [0.2, 0.25) is 0 Å². The molecular weight excluding hydrogens is 154 g/mol. The van der Waals surface area contributed by atoms with Gasteiger partial charge in [0.25, 0.3) is 0 Å². The minimum atomic E-state index is 0.169. The third-order valence-corrected chi connectivity index (χ3v) is 1.66. The van der Waals surface area contributed by atoms with E-state index < -0.39 is 0 Å². The third-order valence-electron chi connectivity index (χ3n) is 1.66. The fraction of sp³-hybridized carbons (Fsp3) is 0.625. The van der Waals surface area contributed by atoms with E-state index in [0.717, 1.165) is 17.8 Å². The van der Waals surface area contributed by atoms with Crippen LogP contribution in [0.5, 0.6) is 0 Å². The lowest BCUT2D eigenvalue weighted by molar-refractivity contribution is 0.145. The molecule has 0 fully saturated rings. The second kappa shape index (κ2) is 4.23. The van der Waals surface area contributed by atoms with E-state index in [0.29, 0.717) is 6.61 Å². The van der Waals surface area contributed by atoms with Gasteiger partial charge in [-0.2, -0.15) is 0 Å². The predicted octanol–water partition coefficient (Wildman–Crippen LogP) is 0.561. The molecule has 0 saturated heterocycles. The van der Waals surface area contributed by atoms with Gasteiger partial charge in [0.1, 0.15) is 6.17 Å². The van der Waals surface area contributed by atoms with E-state index in [1.807, 2.05) is 19.9 Å². The minimum Gasteiger partial charge on any atom is -0.368 e. The molecule has 0 bridgehead atoms. The number of nitrogens with one attached hydrogen (secondary N) is 1. The Morgan fingerprint density at radius 3 is 3.08 bits per heavy atom. The molecular formula is C8H15N3O. The average molecular weight is 169 g/mol. The summed E-state index contributed by atoms with van der Waals surface area (Å²) in [6.45, 7) is 4.56. The first-order valence-corrected chi connectivity index (χ1v) is 4.05. The van der Waals surface area contributed by atoms with Crippen LogP contribution in [-0.4, -0.2) is 18.5 Å². The number of hydrogen-bond acceptors (Lipinski definition) is 4. The summed E-state index contributed by atoms with van der Waals surface area (Å²) in [7, 11) is 0. The predicted molar refractivity (Wildman–Crippen MR) is 48.5 cm³/mol. The number of rotatable bonds is 3. The molecule has 0 aliphatic carbocycles. The maximum absolute atomic E-state index is 4.92. The summed E-state index contributed by atoms with van der Waals surface area (Å²) < 4.78 is 0. The number of hydrogen-bond donors (Lipinski definition) is 2. The molecule has 0 spiro atoms. The van der Waals surface area contributed by atoms with Crippen molar-refractivity contribution in [3.63, 3.8) is 0 Å². The lowest BCUT2D eigenvalue weighted by atomic mass is 10.2. The van der Waals surface area contributed by atoms with Crippen LogP contribution in [0.4, 0.5) is 0 Å². The van der Waals surface area contributed by atoms with Gasteiger partial charge in [-0.1, -0.05) is 0 Å². The minimum absolute atomic E-state index is 0.169. The molecule has 4 nitrogen and oxygen atoms in total. The monoisotopic (exact) mass is 169 g/mol. The molecule has 0 radical (unpaired) electrons. The Bertz CT molecular complexity index is 210. The SMILES string of the molecule is CC1=CC(CCON)=NC(C)N1. The van der Waals surface area contributed by atoms with Gasteiger partial charge in [0.15, 0.2) is 0 Å². The van der Waals surface area contributed by atoms with Gasteiger partial charge in [-0.25, -0.2) is 5.90 Å². The van der Waals surface area contributed by atoms with Crippen molar-refractivity contribution >= 4 is 5.71 Å². The lowest BCUT2D eigenvalue weighted by Crippen LogP contribution is -2.28. The molecule has 1 heterocycles. The van der Waals surface area contributed by atoms with Crippen molar-refractivity contribution in [3.05, 3.63) is 11.8 Å². The molecule has 3 N–H and O–H groups in total. The zero-order valence-electron chi connectivity index (χ0n) is 7.50. The second-order valence-corrected chi connectivity index (χ2v) is 2.89. The summed E-state index contributed by atoms with van der Waals surface area (Å²) in [5.41, 5.74) is 2.19. The van der Waals surface area contributed by atoms with Gasteiger partial charge >= 0.3 is 0 Å². The average Bonchev–Trinajstić information content (AvgIpc) is 1.99. The van der Waals surface area contributed by atoms with Crippen LogP contribution in [0.1, 0.15) is 20.3 Å². The lowest BCUT2D eigenvalue weighted by Gasteiger charge is -2.18. The van der Waals surface area contributed by atoms with Gasteiger partial charge in [0.05, 0.1) is 6.61 Å². The Morgan fingerprint density at radius 1 is 1.75 bits per heavy atom. The topological polar surface area (TPSA) is 59.6 Å². The first-order valence-electron chi connectivity index (χ1n) is 4.05. The standard InChI is InChI=1S/C8H15N3O/c1-6-5-8(3-4-12-9)11-7(2)10-6/h5,7,10H,3-4,9H2,1-2H3. The van der Waals surface area contributed by atoms with Crippen LogP contribution in [0.25, 0.3) is 0 Å². The van der Waals surface area contributed by atoms with Crippen molar-refractivity contribution in [3.8, 4) is 0 Å². The highest BCUT2D eigenvalue weighted by atomic mass is 16.6. The number of allylic oxidation sites excluding steroid dienone is 2. The Kier molecular flexibility index (Phi) is 3.25. The van der Waals surface area contributed by atoms with Gasteiger partial charge in [-0.15, -0.1) is 0 Å². The third kappa shape index (κ3) is 2.64. The Balaban J connectivity index is 2.51. The fourth-order valence-corrected chi connectivity index (χ4v) is 1.24. The normalized spacial score (nSPS) is 22.8. The van der Waals surface area contributed by atoms with E-state index in [4.69, 9.17) is 5.90 Å². The van der Waals surface area contributed by atoms with E-state index in [1.54, 1.807) is 0 Å². The summed E-state index contributed by atoms with van der Waals surface area (Å²) in [4.78, 5) is 8.85. The Labute approximate surface area is 72.5 Å². The maximum atomic E-state index is 4.92. The van der Waals surface area contributed by atoms with Crippen LogP contribution in [-0.2, 0) is 4.84 Å². The van der Waals surface area contributed by atoms with E-state index >= 15 is 0 Å². The molecule has 1 rings (SSSR count). The van der Waals surface area contributed by atoms with Crippen LogP contribution in [0.3, 0.4) is 0 Å². The number of nitrogens with zero attached hydrogens (tertiary/aromatic N) is 1. The molecule has 1 unspecified atom stereocenters. The van der Waals surface area contributed by atoms with Gasteiger partial charge in [-0.05, 0) is 19.9 Å². The van der Waals surface area contributed by atoms with Gasteiger partial charge in [0, 0.05) is 17.8 Å². The van der Waals surface area contributed by atoms with E-state index in [2.05, 4.69) is 15.1 Å². The Morgan fingerprint density at radius 2 is 2.50 bits per heavy atom. The molecule has 0 aromatic heterocycles. The summed E-state index contributed by atoms with van der Waals surface area (Å²) in [6, 6.07) is 0. The van der Waals surface area contributed by atoms with Crippen LogP contribution < -0.4 is 11.2 Å². The van der Waals surface area contributed by atoms with Crippen molar-refractivity contribution in [1.82, 2.24) is 5.32 Å². The molecule has 0 saturated carbocycles. The highest BCUT2D eigenvalue weighted by Gasteiger charge is 2.07. The fourth-order valence-electron chi connectivity index (χ4n) is 1.24. The van der Waals surface area contributed by atoms with Gasteiger partial charge in [0.2, 0.25) is 0 Å².